The monoisotopic (exact) mass is 272 g/mol. The number of aliphatic imine (C=N–C) groups is 1. The van der Waals surface area contributed by atoms with Gasteiger partial charge < -0.3 is 5.32 Å². The molecule has 0 amide bonds. The summed E-state index contributed by atoms with van der Waals surface area (Å²) in [7, 11) is 0. The van der Waals surface area contributed by atoms with Crippen molar-refractivity contribution in [3.8, 4) is 0 Å². The van der Waals surface area contributed by atoms with Crippen LogP contribution in [-0.2, 0) is 0 Å². The van der Waals surface area contributed by atoms with E-state index in [9.17, 15) is 0 Å². The van der Waals surface area contributed by atoms with Crippen molar-refractivity contribution in [2.75, 3.05) is 13.1 Å². The minimum absolute atomic E-state index is 0.514. The Morgan fingerprint density at radius 2 is 2.00 bits per heavy atom. The lowest BCUT2D eigenvalue weighted by Crippen LogP contribution is -2.28. The number of nitrogens with zero attached hydrogens (tertiary/aromatic N) is 1. The summed E-state index contributed by atoms with van der Waals surface area (Å²) in [5.41, 5.74) is 2.06. The first-order valence-corrected chi connectivity index (χ1v) is 8.24. The van der Waals surface area contributed by atoms with Gasteiger partial charge in [0.05, 0.1) is 11.8 Å². The Bertz CT molecular complexity index is 489. The van der Waals surface area contributed by atoms with E-state index in [1.807, 2.05) is 11.8 Å². The van der Waals surface area contributed by atoms with Gasteiger partial charge in [-0.3, -0.25) is 4.99 Å². The summed E-state index contributed by atoms with van der Waals surface area (Å²) in [6.45, 7) is 2.08. The molecule has 100 valence electrons. The van der Waals surface area contributed by atoms with E-state index < -0.39 is 0 Å². The maximum atomic E-state index is 4.67. The van der Waals surface area contributed by atoms with Crippen molar-refractivity contribution >= 4 is 16.9 Å². The van der Waals surface area contributed by atoms with Gasteiger partial charge >= 0.3 is 0 Å². The third-order valence-electron chi connectivity index (χ3n) is 4.75. The molecule has 1 aromatic carbocycles. The Morgan fingerprint density at radius 3 is 2.68 bits per heavy atom. The second kappa shape index (κ2) is 4.55. The molecule has 1 aliphatic heterocycles. The Balaban J connectivity index is 1.32. The van der Waals surface area contributed by atoms with E-state index in [1.165, 1.54) is 36.4 Å². The van der Waals surface area contributed by atoms with Gasteiger partial charge in [-0.25, -0.2) is 0 Å². The molecule has 1 aromatic rings. The van der Waals surface area contributed by atoms with E-state index in [2.05, 4.69) is 40.6 Å². The zero-order chi connectivity index (χ0) is 12.7. The second-order valence-corrected chi connectivity index (χ2v) is 7.34. The molecule has 19 heavy (non-hydrogen) atoms. The van der Waals surface area contributed by atoms with E-state index in [4.69, 9.17) is 0 Å². The highest BCUT2D eigenvalue weighted by Crippen LogP contribution is 2.60. The smallest absolute Gasteiger partial charge is 0.157 e. The third-order valence-corrected chi connectivity index (χ3v) is 5.96. The zero-order valence-corrected chi connectivity index (χ0v) is 12.0. The molecule has 0 radical (unpaired) electrons. The number of benzene rings is 1. The predicted octanol–water partition coefficient (Wildman–Crippen LogP) is 3.61. The SMILES string of the molecule is c1ccc(C2CN=C(NCC3(C4CC4)CC3)S2)cc1. The summed E-state index contributed by atoms with van der Waals surface area (Å²) in [4.78, 5) is 4.67. The highest BCUT2D eigenvalue weighted by molar-refractivity contribution is 8.14. The van der Waals surface area contributed by atoms with Crippen LogP contribution in [0.3, 0.4) is 0 Å². The molecule has 1 unspecified atom stereocenters. The molecule has 1 heterocycles. The van der Waals surface area contributed by atoms with E-state index in [0.29, 0.717) is 10.7 Å². The molecule has 0 aromatic heterocycles. The fourth-order valence-electron chi connectivity index (χ4n) is 3.15. The van der Waals surface area contributed by atoms with Crippen LogP contribution in [0.15, 0.2) is 35.3 Å². The van der Waals surface area contributed by atoms with Gasteiger partial charge in [0.15, 0.2) is 5.17 Å². The lowest BCUT2D eigenvalue weighted by molar-refractivity contribution is 0.435. The van der Waals surface area contributed by atoms with Gasteiger partial charge in [-0.2, -0.15) is 0 Å². The summed E-state index contributed by atoms with van der Waals surface area (Å²) in [5.74, 6) is 1.02. The Hall–Kier alpha value is -0.960. The van der Waals surface area contributed by atoms with Gasteiger partial charge in [-0.1, -0.05) is 42.1 Å². The van der Waals surface area contributed by atoms with Gasteiger partial charge in [-0.15, -0.1) is 0 Å². The molecule has 1 N–H and O–H groups in total. The fourth-order valence-corrected chi connectivity index (χ4v) is 4.17. The number of amidine groups is 1. The van der Waals surface area contributed by atoms with Crippen molar-refractivity contribution in [3.05, 3.63) is 35.9 Å². The van der Waals surface area contributed by atoms with E-state index in [1.54, 1.807) is 0 Å². The number of hydrogen-bond acceptors (Lipinski definition) is 3. The van der Waals surface area contributed by atoms with E-state index in [-0.39, 0.29) is 0 Å². The first-order chi connectivity index (χ1) is 9.36. The van der Waals surface area contributed by atoms with Crippen LogP contribution in [0.4, 0.5) is 0 Å². The van der Waals surface area contributed by atoms with Crippen molar-refractivity contribution < 1.29 is 0 Å². The highest BCUT2D eigenvalue weighted by Gasteiger charge is 2.53. The quantitative estimate of drug-likeness (QED) is 0.905. The average Bonchev–Trinajstić information content (AvgIpc) is 3.36. The summed E-state index contributed by atoms with van der Waals surface area (Å²) >= 11 is 1.90. The number of hydrogen-bond donors (Lipinski definition) is 1. The van der Waals surface area contributed by atoms with Gasteiger partial charge in [0.1, 0.15) is 0 Å². The molecule has 3 heteroatoms. The third kappa shape index (κ3) is 2.40. The van der Waals surface area contributed by atoms with E-state index >= 15 is 0 Å². The van der Waals surface area contributed by atoms with Gasteiger partial charge in [-0.05, 0) is 42.6 Å². The Morgan fingerprint density at radius 1 is 1.21 bits per heavy atom. The maximum Gasteiger partial charge on any atom is 0.157 e. The molecule has 1 atom stereocenters. The standard InChI is InChI=1S/C16H20N2S/c1-2-4-12(5-3-1)14-10-17-15(19-14)18-11-16(8-9-16)13-6-7-13/h1-5,13-14H,6-11H2,(H,17,18). The molecule has 2 saturated carbocycles. The van der Waals surface area contributed by atoms with Crippen LogP contribution >= 0.6 is 11.8 Å². The number of nitrogens with one attached hydrogen (secondary N) is 1. The Kier molecular flexibility index (Phi) is 2.83. The average molecular weight is 272 g/mol. The largest absolute Gasteiger partial charge is 0.364 e. The molecule has 0 bridgehead atoms. The zero-order valence-electron chi connectivity index (χ0n) is 11.1. The van der Waals surface area contributed by atoms with Crippen molar-refractivity contribution in [1.82, 2.24) is 5.32 Å². The van der Waals surface area contributed by atoms with Crippen molar-refractivity contribution in [3.63, 3.8) is 0 Å². The minimum Gasteiger partial charge on any atom is -0.364 e. The second-order valence-electron chi connectivity index (χ2n) is 6.15. The normalized spacial score (nSPS) is 28.0. The minimum atomic E-state index is 0.514. The molecule has 2 fully saturated rings. The summed E-state index contributed by atoms with van der Waals surface area (Å²) < 4.78 is 0. The molecular weight excluding hydrogens is 252 g/mol. The fraction of sp³-hybridized carbons (Fsp3) is 0.562. The number of thioether (sulfide) groups is 1. The lowest BCUT2D eigenvalue weighted by Gasteiger charge is -2.16. The lowest BCUT2D eigenvalue weighted by atomic mass is 10.0. The van der Waals surface area contributed by atoms with Crippen molar-refractivity contribution in [2.45, 2.75) is 30.9 Å². The molecule has 0 saturated heterocycles. The van der Waals surface area contributed by atoms with Crippen LogP contribution in [0.2, 0.25) is 0 Å². The highest BCUT2D eigenvalue weighted by atomic mass is 32.2. The molecule has 3 aliphatic rings. The van der Waals surface area contributed by atoms with Crippen LogP contribution < -0.4 is 5.32 Å². The van der Waals surface area contributed by atoms with Gasteiger partial charge in [0.2, 0.25) is 0 Å². The predicted molar refractivity (Wildman–Crippen MR) is 81.5 cm³/mol. The molecule has 2 nitrogen and oxygen atoms in total. The van der Waals surface area contributed by atoms with Crippen LogP contribution in [0.25, 0.3) is 0 Å². The molecule has 0 spiro atoms. The Labute approximate surface area is 119 Å². The summed E-state index contributed by atoms with van der Waals surface area (Å²) in [6, 6.07) is 10.7. The van der Waals surface area contributed by atoms with Crippen molar-refractivity contribution in [2.24, 2.45) is 16.3 Å². The molecular formula is C16H20N2S. The topological polar surface area (TPSA) is 24.4 Å². The van der Waals surface area contributed by atoms with Gasteiger partial charge in [0, 0.05) is 6.54 Å². The summed E-state index contributed by atoms with van der Waals surface area (Å²) in [5, 5.41) is 5.30. The van der Waals surface area contributed by atoms with Crippen molar-refractivity contribution in [1.29, 1.82) is 0 Å². The molecule has 4 rings (SSSR count). The van der Waals surface area contributed by atoms with Crippen LogP contribution in [-0.4, -0.2) is 18.3 Å². The number of rotatable bonds is 4. The van der Waals surface area contributed by atoms with E-state index in [0.717, 1.165) is 19.0 Å². The van der Waals surface area contributed by atoms with Crippen LogP contribution in [0.5, 0.6) is 0 Å². The summed E-state index contributed by atoms with van der Waals surface area (Å²) in [6.07, 6.45) is 5.80. The van der Waals surface area contributed by atoms with Crippen LogP contribution in [0.1, 0.15) is 36.5 Å². The maximum absolute atomic E-state index is 4.67. The first-order valence-electron chi connectivity index (χ1n) is 7.36. The molecule has 2 aliphatic carbocycles. The van der Waals surface area contributed by atoms with Crippen LogP contribution in [0, 0.1) is 11.3 Å². The first kappa shape index (κ1) is 11.8. The van der Waals surface area contributed by atoms with Gasteiger partial charge in [0.25, 0.3) is 0 Å².